The molecule has 2 heterocycles. The van der Waals surface area contributed by atoms with Crippen LogP contribution in [0.15, 0.2) is 48.8 Å². The first-order valence-corrected chi connectivity index (χ1v) is 7.97. The second-order valence-electron chi connectivity index (χ2n) is 6.11. The van der Waals surface area contributed by atoms with Gasteiger partial charge >= 0.3 is 0 Å². The van der Waals surface area contributed by atoms with Crippen LogP contribution in [0.2, 0.25) is 5.02 Å². The molecule has 1 aliphatic rings. The van der Waals surface area contributed by atoms with Crippen LogP contribution in [0.4, 0.5) is 0 Å². The fourth-order valence-electron chi connectivity index (χ4n) is 3.00. The lowest BCUT2D eigenvalue weighted by Crippen LogP contribution is -2.30. The largest absolute Gasteiger partial charge is 0.618 e. The SMILES string of the molecule is NC(=O)C1(c2cc3c[n+]([O-])c(-c4ccccc4Cl)cc3cn2)CC1. The number of hydrogen-bond donors (Lipinski definition) is 1. The Morgan fingerprint density at radius 2 is 2.00 bits per heavy atom. The third kappa shape index (κ3) is 2.20. The van der Waals surface area contributed by atoms with Gasteiger partial charge in [-0.15, -0.1) is 0 Å². The number of aromatic nitrogens is 2. The van der Waals surface area contributed by atoms with Crippen LogP contribution in [0.5, 0.6) is 0 Å². The highest BCUT2D eigenvalue weighted by Gasteiger charge is 2.51. The molecule has 0 saturated heterocycles. The van der Waals surface area contributed by atoms with Crippen molar-refractivity contribution in [2.45, 2.75) is 18.3 Å². The Morgan fingerprint density at radius 3 is 2.67 bits per heavy atom. The normalized spacial score (nSPS) is 15.4. The van der Waals surface area contributed by atoms with E-state index in [9.17, 15) is 10.0 Å². The molecule has 5 nitrogen and oxygen atoms in total. The summed E-state index contributed by atoms with van der Waals surface area (Å²) < 4.78 is 0.789. The van der Waals surface area contributed by atoms with Crippen molar-refractivity contribution in [2.75, 3.05) is 0 Å². The molecule has 4 rings (SSSR count). The van der Waals surface area contributed by atoms with Crippen molar-refractivity contribution in [1.82, 2.24) is 4.98 Å². The average Bonchev–Trinajstić information content (AvgIpc) is 3.36. The van der Waals surface area contributed by atoms with E-state index in [1.807, 2.05) is 12.1 Å². The predicted molar refractivity (Wildman–Crippen MR) is 91.3 cm³/mol. The number of benzene rings is 1. The molecule has 1 saturated carbocycles. The molecule has 1 amide bonds. The number of carbonyl (C=O) groups excluding carboxylic acids is 1. The van der Waals surface area contributed by atoms with Gasteiger partial charge < -0.3 is 10.9 Å². The number of halogens is 1. The van der Waals surface area contributed by atoms with Gasteiger partial charge in [0.05, 0.1) is 27.1 Å². The first kappa shape index (κ1) is 14.9. The summed E-state index contributed by atoms with van der Waals surface area (Å²) >= 11 is 6.19. The summed E-state index contributed by atoms with van der Waals surface area (Å²) in [6, 6.07) is 10.7. The lowest BCUT2D eigenvalue weighted by atomic mass is 9.99. The van der Waals surface area contributed by atoms with Gasteiger partial charge in [0.25, 0.3) is 0 Å². The molecule has 2 aromatic heterocycles. The number of hydrogen-bond acceptors (Lipinski definition) is 3. The maximum Gasteiger partial charge on any atom is 0.229 e. The van der Waals surface area contributed by atoms with Crippen LogP contribution in [-0.2, 0) is 10.2 Å². The van der Waals surface area contributed by atoms with Gasteiger partial charge in [0, 0.05) is 17.6 Å². The van der Waals surface area contributed by atoms with Gasteiger partial charge in [-0.2, -0.15) is 4.73 Å². The molecule has 1 fully saturated rings. The molecule has 0 bridgehead atoms. The molecule has 1 aromatic carbocycles. The molecule has 120 valence electrons. The lowest BCUT2D eigenvalue weighted by molar-refractivity contribution is -0.592. The molecule has 0 radical (unpaired) electrons. The van der Waals surface area contributed by atoms with E-state index in [-0.39, 0.29) is 5.91 Å². The Morgan fingerprint density at radius 1 is 1.25 bits per heavy atom. The lowest BCUT2D eigenvalue weighted by Gasteiger charge is -2.12. The van der Waals surface area contributed by atoms with Crippen LogP contribution in [0.1, 0.15) is 18.5 Å². The number of pyridine rings is 2. The van der Waals surface area contributed by atoms with Crippen molar-refractivity contribution in [3.8, 4) is 11.3 Å². The van der Waals surface area contributed by atoms with Crippen molar-refractivity contribution < 1.29 is 9.52 Å². The molecule has 0 aliphatic heterocycles. The topological polar surface area (TPSA) is 82.9 Å². The van der Waals surface area contributed by atoms with Crippen LogP contribution in [-0.4, -0.2) is 10.9 Å². The van der Waals surface area contributed by atoms with Gasteiger partial charge in [0.1, 0.15) is 0 Å². The van der Waals surface area contributed by atoms with Gasteiger partial charge in [-0.25, -0.2) is 0 Å². The van der Waals surface area contributed by atoms with E-state index in [4.69, 9.17) is 17.3 Å². The van der Waals surface area contributed by atoms with Crippen LogP contribution in [0, 0.1) is 5.21 Å². The highest BCUT2D eigenvalue weighted by atomic mass is 35.5. The number of primary amides is 1. The average molecular weight is 340 g/mol. The minimum atomic E-state index is -0.663. The number of fused-ring (bicyclic) bond motifs is 1. The molecule has 0 unspecified atom stereocenters. The van der Waals surface area contributed by atoms with E-state index in [0.29, 0.717) is 34.8 Å². The first-order valence-electron chi connectivity index (χ1n) is 7.59. The van der Waals surface area contributed by atoms with E-state index in [0.717, 1.165) is 15.5 Å². The summed E-state index contributed by atoms with van der Waals surface area (Å²) in [5.74, 6) is -0.364. The summed E-state index contributed by atoms with van der Waals surface area (Å²) in [6.07, 6.45) is 4.57. The highest BCUT2D eigenvalue weighted by Crippen LogP contribution is 2.47. The number of carbonyl (C=O) groups is 1. The fraction of sp³-hybridized carbons (Fsp3) is 0.167. The summed E-state index contributed by atoms with van der Waals surface area (Å²) in [7, 11) is 0. The molecule has 0 spiro atoms. The van der Waals surface area contributed by atoms with Gasteiger partial charge in [0.15, 0.2) is 6.20 Å². The third-order valence-corrected chi connectivity index (χ3v) is 4.95. The van der Waals surface area contributed by atoms with Crippen LogP contribution < -0.4 is 10.5 Å². The standard InChI is InChI=1S/C18H14ClN3O2/c19-14-4-2-1-3-13(14)15-7-11-9-21-16(8-12(11)10-22(15)24)18(5-6-18)17(20)23/h1-4,7-10H,5-6H2,(H2,20,23). The van der Waals surface area contributed by atoms with Crippen molar-refractivity contribution in [2.24, 2.45) is 5.73 Å². The first-order chi connectivity index (χ1) is 11.5. The molecule has 2 N–H and O–H groups in total. The minimum absolute atomic E-state index is 0.364. The van der Waals surface area contributed by atoms with E-state index >= 15 is 0 Å². The van der Waals surface area contributed by atoms with Crippen LogP contribution >= 0.6 is 11.6 Å². The van der Waals surface area contributed by atoms with Gasteiger partial charge in [-0.3, -0.25) is 9.78 Å². The zero-order chi connectivity index (χ0) is 16.9. The van der Waals surface area contributed by atoms with Crippen molar-refractivity contribution in [3.05, 3.63) is 64.7 Å². The van der Waals surface area contributed by atoms with E-state index < -0.39 is 5.41 Å². The molecule has 6 heteroatoms. The fourth-order valence-corrected chi connectivity index (χ4v) is 3.23. The maximum absolute atomic E-state index is 12.4. The van der Waals surface area contributed by atoms with Gasteiger partial charge in [-0.1, -0.05) is 23.7 Å². The number of rotatable bonds is 3. The zero-order valence-corrected chi connectivity index (χ0v) is 13.5. The molecule has 3 aromatic rings. The van der Waals surface area contributed by atoms with E-state index in [1.165, 1.54) is 6.20 Å². The second kappa shape index (κ2) is 5.18. The van der Waals surface area contributed by atoms with E-state index in [1.54, 1.807) is 30.5 Å². The van der Waals surface area contributed by atoms with Crippen LogP contribution in [0.25, 0.3) is 22.0 Å². The third-order valence-electron chi connectivity index (χ3n) is 4.62. The molecule has 24 heavy (non-hydrogen) atoms. The maximum atomic E-state index is 12.4. The van der Waals surface area contributed by atoms with Crippen molar-refractivity contribution in [3.63, 3.8) is 0 Å². The number of amides is 1. The Hall–Kier alpha value is -2.66. The number of nitrogens with zero attached hydrogens (tertiary/aromatic N) is 2. The zero-order valence-electron chi connectivity index (χ0n) is 12.7. The van der Waals surface area contributed by atoms with E-state index in [2.05, 4.69) is 4.98 Å². The minimum Gasteiger partial charge on any atom is -0.618 e. The van der Waals surface area contributed by atoms with Crippen molar-refractivity contribution >= 4 is 28.3 Å². The summed E-state index contributed by atoms with van der Waals surface area (Å²) in [4.78, 5) is 16.1. The Balaban J connectivity index is 1.86. The summed E-state index contributed by atoms with van der Waals surface area (Å²) in [6.45, 7) is 0. The number of nitrogens with two attached hydrogens (primary N) is 1. The highest BCUT2D eigenvalue weighted by molar-refractivity contribution is 6.33. The summed E-state index contributed by atoms with van der Waals surface area (Å²) in [5, 5.41) is 14.5. The van der Waals surface area contributed by atoms with Gasteiger partial charge in [0.2, 0.25) is 11.6 Å². The second-order valence-corrected chi connectivity index (χ2v) is 6.52. The Kier molecular flexibility index (Phi) is 3.21. The Labute approximate surface area is 143 Å². The molecular weight excluding hydrogens is 326 g/mol. The van der Waals surface area contributed by atoms with Crippen molar-refractivity contribution in [1.29, 1.82) is 0 Å². The predicted octanol–water partition coefficient (Wildman–Crippen LogP) is 2.71. The molecular formula is C18H14ClN3O2. The Bertz CT molecular complexity index is 983. The summed E-state index contributed by atoms with van der Waals surface area (Å²) in [5.41, 5.74) is 6.58. The van der Waals surface area contributed by atoms with Gasteiger partial charge in [-0.05, 0) is 31.0 Å². The van der Waals surface area contributed by atoms with Crippen LogP contribution in [0.3, 0.4) is 0 Å². The molecule has 1 aliphatic carbocycles. The smallest absolute Gasteiger partial charge is 0.229 e. The molecule has 0 atom stereocenters. The quantitative estimate of drug-likeness (QED) is 0.588. The monoisotopic (exact) mass is 339 g/mol.